The first-order valence-electron chi connectivity index (χ1n) is 5.75. The van der Waals surface area contributed by atoms with Crippen LogP contribution >= 0.6 is 0 Å². The number of carbonyl (C=O) groups is 2. The van der Waals surface area contributed by atoms with Gasteiger partial charge in [0.15, 0.2) is 0 Å². The van der Waals surface area contributed by atoms with Crippen LogP contribution in [0.1, 0.15) is 26.7 Å². The van der Waals surface area contributed by atoms with Crippen molar-refractivity contribution in [2.45, 2.75) is 32.7 Å². The minimum atomic E-state index is -1.02. The van der Waals surface area contributed by atoms with Gasteiger partial charge in [-0.1, -0.05) is 13.8 Å². The van der Waals surface area contributed by atoms with Gasteiger partial charge in [0.2, 0.25) is 0 Å². The molecule has 0 aromatic heterocycles. The molecule has 100 valence electrons. The highest BCUT2D eigenvalue weighted by Crippen LogP contribution is 2.01. The van der Waals surface area contributed by atoms with Crippen LogP contribution in [0.25, 0.3) is 0 Å². The third-order valence-electron chi connectivity index (χ3n) is 2.28. The quantitative estimate of drug-likeness (QED) is 0.553. The lowest BCUT2D eigenvalue weighted by Gasteiger charge is -2.18. The van der Waals surface area contributed by atoms with Crippen LogP contribution in [0.2, 0.25) is 0 Å². The minimum Gasteiger partial charge on any atom is -0.480 e. The van der Waals surface area contributed by atoms with Crippen molar-refractivity contribution in [1.82, 2.24) is 10.6 Å². The number of carboxylic acid groups (broad SMARTS) is 1. The summed E-state index contributed by atoms with van der Waals surface area (Å²) in [4.78, 5) is 22.2. The molecule has 0 fully saturated rings. The molecule has 6 heteroatoms. The number of methoxy groups -OCH3 is 1. The SMILES string of the molecule is COCCCCNC(=O)N[C@@H](C(=O)O)C(C)C. The molecule has 0 heterocycles. The topological polar surface area (TPSA) is 87.7 Å². The Kier molecular flexibility index (Phi) is 8.13. The van der Waals surface area contributed by atoms with Gasteiger partial charge >= 0.3 is 12.0 Å². The van der Waals surface area contributed by atoms with E-state index in [0.717, 1.165) is 12.8 Å². The fourth-order valence-electron chi connectivity index (χ4n) is 1.28. The summed E-state index contributed by atoms with van der Waals surface area (Å²) in [6.07, 6.45) is 1.67. The fraction of sp³-hybridized carbons (Fsp3) is 0.818. The predicted octanol–water partition coefficient (Wildman–Crippen LogP) is 0.821. The first kappa shape index (κ1) is 15.7. The summed E-state index contributed by atoms with van der Waals surface area (Å²) in [5.74, 6) is -1.17. The van der Waals surface area contributed by atoms with Gasteiger partial charge in [0, 0.05) is 20.3 Å². The molecule has 3 N–H and O–H groups in total. The molecule has 1 atom stereocenters. The summed E-state index contributed by atoms with van der Waals surface area (Å²) >= 11 is 0. The molecule has 0 aromatic carbocycles. The van der Waals surface area contributed by atoms with Crippen molar-refractivity contribution in [2.75, 3.05) is 20.3 Å². The molecule has 0 aliphatic rings. The Morgan fingerprint density at radius 3 is 2.41 bits per heavy atom. The highest BCUT2D eigenvalue weighted by molar-refractivity contribution is 5.82. The van der Waals surface area contributed by atoms with Crippen molar-refractivity contribution in [3.63, 3.8) is 0 Å². The molecule has 0 aliphatic heterocycles. The smallest absolute Gasteiger partial charge is 0.326 e. The average molecular weight is 246 g/mol. The van der Waals surface area contributed by atoms with E-state index in [1.807, 2.05) is 0 Å². The van der Waals surface area contributed by atoms with E-state index in [2.05, 4.69) is 10.6 Å². The van der Waals surface area contributed by atoms with E-state index in [0.29, 0.717) is 13.2 Å². The van der Waals surface area contributed by atoms with Gasteiger partial charge in [0.05, 0.1) is 0 Å². The second kappa shape index (κ2) is 8.81. The zero-order valence-corrected chi connectivity index (χ0v) is 10.7. The van der Waals surface area contributed by atoms with Gasteiger partial charge < -0.3 is 20.5 Å². The van der Waals surface area contributed by atoms with Crippen LogP contribution in [0.3, 0.4) is 0 Å². The summed E-state index contributed by atoms with van der Waals surface area (Å²) in [7, 11) is 1.63. The zero-order valence-electron chi connectivity index (χ0n) is 10.7. The number of aliphatic carboxylic acids is 1. The molecule has 0 rings (SSSR count). The lowest BCUT2D eigenvalue weighted by Crippen LogP contribution is -2.48. The lowest BCUT2D eigenvalue weighted by atomic mass is 10.1. The van der Waals surface area contributed by atoms with Gasteiger partial charge in [-0.3, -0.25) is 0 Å². The number of carbonyl (C=O) groups excluding carboxylic acids is 1. The fourth-order valence-corrected chi connectivity index (χ4v) is 1.28. The number of unbranched alkanes of at least 4 members (excludes halogenated alkanes) is 1. The van der Waals surface area contributed by atoms with Gasteiger partial charge in [-0.15, -0.1) is 0 Å². The van der Waals surface area contributed by atoms with Crippen molar-refractivity contribution in [3.05, 3.63) is 0 Å². The van der Waals surface area contributed by atoms with E-state index >= 15 is 0 Å². The van der Waals surface area contributed by atoms with E-state index < -0.39 is 18.0 Å². The van der Waals surface area contributed by atoms with Crippen molar-refractivity contribution in [1.29, 1.82) is 0 Å². The molecule has 0 aliphatic carbocycles. The lowest BCUT2D eigenvalue weighted by molar-refractivity contribution is -0.140. The molecule has 2 amide bonds. The normalized spacial score (nSPS) is 12.2. The van der Waals surface area contributed by atoms with Crippen LogP contribution in [0.15, 0.2) is 0 Å². The van der Waals surface area contributed by atoms with Crippen LogP contribution in [-0.4, -0.2) is 43.4 Å². The Morgan fingerprint density at radius 1 is 1.29 bits per heavy atom. The molecule has 17 heavy (non-hydrogen) atoms. The van der Waals surface area contributed by atoms with Crippen LogP contribution in [0.4, 0.5) is 4.79 Å². The van der Waals surface area contributed by atoms with Crippen molar-refractivity contribution < 1.29 is 19.4 Å². The minimum absolute atomic E-state index is 0.147. The van der Waals surface area contributed by atoms with Gasteiger partial charge in [0.25, 0.3) is 0 Å². The Hall–Kier alpha value is -1.30. The molecular formula is C11H22N2O4. The molecule has 0 radical (unpaired) electrons. The highest BCUT2D eigenvalue weighted by atomic mass is 16.5. The standard InChI is InChI=1S/C11H22N2O4/c1-8(2)9(10(14)15)13-11(16)12-6-4-5-7-17-3/h8-9H,4-7H2,1-3H3,(H,14,15)(H2,12,13,16)/t9-/m1/s1. The highest BCUT2D eigenvalue weighted by Gasteiger charge is 2.22. The molecule has 0 saturated heterocycles. The molecule has 0 aromatic rings. The Balaban J connectivity index is 3.80. The number of rotatable bonds is 8. The zero-order chi connectivity index (χ0) is 13.3. The molecule has 0 unspecified atom stereocenters. The second-order valence-electron chi connectivity index (χ2n) is 4.16. The van der Waals surface area contributed by atoms with Gasteiger partial charge in [-0.05, 0) is 18.8 Å². The van der Waals surface area contributed by atoms with Gasteiger partial charge in [0.1, 0.15) is 6.04 Å². The second-order valence-corrected chi connectivity index (χ2v) is 4.16. The van der Waals surface area contributed by atoms with E-state index in [1.165, 1.54) is 0 Å². The summed E-state index contributed by atoms with van der Waals surface area (Å²) in [6.45, 7) is 4.67. The molecule has 0 spiro atoms. The van der Waals surface area contributed by atoms with Crippen molar-refractivity contribution in [3.8, 4) is 0 Å². The Bertz CT molecular complexity index is 244. The van der Waals surface area contributed by atoms with Gasteiger partial charge in [-0.2, -0.15) is 0 Å². The number of nitrogens with one attached hydrogen (secondary N) is 2. The first-order valence-corrected chi connectivity index (χ1v) is 5.75. The summed E-state index contributed by atoms with van der Waals surface area (Å²) < 4.78 is 4.87. The number of carboxylic acids is 1. The molecule has 0 saturated carbocycles. The van der Waals surface area contributed by atoms with Crippen LogP contribution in [0, 0.1) is 5.92 Å². The van der Waals surface area contributed by atoms with E-state index in [9.17, 15) is 9.59 Å². The first-order chi connectivity index (χ1) is 7.99. The van der Waals surface area contributed by atoms with E-state index in [4.69, 9.17) is 9.84 Å². The maximum Gasteiger partial charge on any atom is 0.326 e. The average Bonchev–Trinajstić information content (AvgIpc) is 2.24. The monoisotopic (exact) mass is 246 g/mol. The number of hydrogen-bond donors (Lipinski definition) is 3. The van der Waals surface area contributed by atoms with Crippen molar-refractivity contribution in [2.24, 2.45) is 5.92 Å². The largest absolute Gasteiger partial charge is 0.480 e. The number of urea groups is 1. The Morgan fingerprint density at radius 2 is 1.94 bits per heavy atom. The van der Waals surface area contributed by atoms with Crippen LogP contribution in [-0.2, 0) is 9.53 Å². The predicted molar refractivity (Wildman–Crippen MR) is 63.9 cm³/mol. The maximum atomic E-state index is 11.4. The maximum absolute atomic E-state index is 11.4. The number of ether oxygens (including phenoxy) is 1. The third kappa shape index (κ3) is 7.57. The van der Waals surface area contributed by atoms with Crippen molar-refractivity contribution >= 4 is 12.0 Å². The van der Waals surface area contributed by atoms with E-state index in [-0.39, 0.29) is 5.92 Å². The summed E-state index contributed by atoms with van der Waals surface area (Å²) in [6, 6.07) is -1.29. The molecule has 6 nitrogen and oxygen atoms in total. The molecule has 0 bridgehead atoms. The summed E-state index contributed by atoms with van der Waals surface area (Å²) in [5, 5.41) is 13.9. The number of amides is 2. The third-order valence-corrected chi connectivity index (χ3v) is 2.28. The Labute approximate surface area is 102 Å². The number of hydrogen-bond acceptors (Lipinski definition) is 3. The molecular weight excluding hydrogens is 224 g/mol. The van der Waals surface area contributed by atoms with E-state index in [1.54, 1.807) is 21.0 Å². The van der Waals surface area contributed by atoms with Crippen LogP contribution in [0.5, 0.6) is 0 Å². The van der Waals surface area contributed by atoms with Gasteiger partial charge in [-0.25, -0.2) is 9.59 Å². The van der Waals surface area contributed by atoms with Crippen LogP contribution < -0.4 is 10.6 Å². The summed E-state index contributed by atoms with van der Waals surface area (Å²) in [5.41, 5.74) is 0.